The van der Waals surface area contributed by atoms with Crippen molar-refractivity contribution in [2.45, 2.75) is 31.7 Å². The van der Waals surface area contributed by atoms with Crippen molar-refractivity contribution < 1.29 is 14.4 Å². The van der Waals surface area contributed by atoms with Crippen LogP contribution in [0.1, 0.15) is 40.4 Å². The van der Waals surface area contributed by atoms with E-state index in [1.165, 1.54) is 11.1 Å². The van der Waals surface area contributed by atoms with Gasteiger partial charge in [0.25, 0.3) is 5.91 Å². The fraction of sp³-hybridized carbons (Fsp3) is 0.286. The Morgan fingerprint density at radius 2 is 1.93 bits per heavy atom. The molecule has 2 aliphatic rings. The van der Waals surface area contributed by atoms with Crippen molar-refractivity contribution in [1.29, 1.82) is 0 Å². The Morgan fingerprint density at radius 3 is 2.70 bits per heavy atom. The van der Waals surface area contributed by atoms with Gasteiger partial charge in [-0.3, -0.25) is 14.5 Å². The Morgan fingerprint density at radius 1 is 1.15 bits per heavy atom. The molecular formula is C21H19BrN2O3. The molecule has 5 nitrogen and oxygen atoms in total. The minimum Gasteiger partial charge on any atom is -0.319 e. The zero-order chi connectivity index (χ0) is 19.2. The Bertz CT molecular complexity index is 972. The molecule has 2 aromatic rings. The van der Waals surface area contributed by atoms with Crippen LogP contribution in [0.15, 0.2) is 46.9 Å². The largest absolute Gasteiger partial charge is 0.325 e. The van der Waals surface area contributed by atoms with Gasteiger partial charge in [-0.15, -0.1) is 0 Å². The lowest BCUT2D eigenvalue weighted by Gasteiger charge is -2.23. The number of aryl methyl sites for hydroxylation is 2. The van der Waals surface area contributed by atoms with Gasteiger partial charge < -0.3 is 5.32 Å². The number of nitrogens with one attached hydrogen (secondary N) is 1. The van der Waals surface area contributed by atoms with E-state index in [0.717, 1.165) is 34.2 Å². The standard InChI is InChI=1S/C21H19BrN2O3/c1-21(16-9-8-13-4-2-5-14(13)10-16)19(26)24(20(27)23-21)12-18(25)15-6-3-7-17(22)11-15/h3,6-11H,2,4-5,12H2,1H3,(H,23,27)/t21-/m1/s1. The van der Waals surface area contributed by atoms with Crippen LogP contribution in [-0.2, 0) is 23.2 Å². The maximum absolute atomic E-state index is 13.1. The summed E-state index contributed by atoms with van der Waals surface area (Å²) in [4.78, 5) is 39.1. The topological polar surface area (TPSA) is 66.5 Å². The van der Waals surface area contributed by atoms with Crippen molar-refractivity contribution in [3.05, 3.63) is 69.2 Å². The first-order valence-corrected chi connectivity index (χ1v) is 9.73. The van der Waals surface area contributed by atoms with Gasteiger partial charge in [0.2, 0.25) is 0 Å². The molecule has 1 heterocycles. The Kier molecular flexibility index (Phi) is 4.38. The molecule has 0 bridgehead atoms. The molecule has 1 atom stereocenters. The van der Waals surface area contributed by atoms with Gasteiger partial charge in [0, 0.05) is 10.0 Å². The van der Waals surface area contributed by atoms with E-state index in [2.05, 4.69) is 21.2 Å². The van der Waals surface area contributed by atoms with Crippen LogP contribution in [0, 0.1) is 0 Å². The van der Waals surface area contributed by atoms with Crippen molar-refractivity contribution in [3.8, 4) is 0 Å². The van der Waals surface area contributed by atoms with Gasteiger partial charge in [-0.25, -0.2) is 4.79 Å². The van der Waals surface area contributed by atoms with Crippen LogP contribution in [0.2, 0.25) is 0 Å². The van der Waals surface area contributed by atoms with Crippen molar-refractivity contribution >= 4 is 33.7 Å². The molecule has 2 aromatic carbocycles. The molecule has 138 valence electrons. The summed E-state index contributed by atoms with van der Waals surface area (Å²) in [6.07, 6.45) is 3.16. The van der Waals surface area contributed by atoms with Crippen molar-refractivity contribution in [3.63, 3.8) is 0 Å². The molecule has 1 saturated heterocycles. The minimum atomic E-state index is -1.15. The molecule has 0 aromatic heterocycles. The van der Waals surface area contributed by atoms with E-state index in [1.54, 1.807) is 25.1 Å². The number of ketones is 1. The number of hydrogen-bond acceptors (Lipinski definition) is 3. The highest BCUT2D eigenvalue weighted by molar-refractivity contribution is 9.10. The highest BCUT2D eigenvalue weighted by Crippen LogP contribution is 2.32. The lowest BCUT2D eigenvalue weighted by Crippen LogP contribution is -2.41. The average Bonchev–Trinajstić information content (AvgIpc) is 3.20. The second-order valence-electron chi connectivity index (χ2n) is 7.22. The molecule has 1 N–H and O–H groups in total. The number of fused-ring (bicyclic) bond motifs is 1. The van der Waals surface area contributed by atoms with Gasteiger partial charge >= 0.3 is 6.03 Å². The number of hydrogen-bond donors (Lipinski definition) is 1. The molecular weight excluding hydrogens is 408 g/mol. The van der Waals surface area contributed by atoms with Crippen LogP contribution in [0.4, 0.5) is 4.79 Å². The van der Waals surface area contributed by atoms with Crippen LogP contribution >= 0.6 is 15.9 Å². The third-order valence-corrected chi connectivity index (χ3v) is 5.89. The number of urea groups is 1. The average molecular weight is 427 g/mol. The third kappa shape index (κ3) is 3.08. The summed E-state index contributed by atoms with van der Waals surface area (Å²) >= 11 is 3.33. The highest BCUT2D eigenvalue weighted by atomic mass is 79.9. The first-order chi connectivity index (χ1) is 12.9. The zero-order valence-corrected chi connectivity index (χ0v) is 16.5. The first kappa shape index (κ1) is 17.9. The Hall–Kier alpha value is -2.47. The van der Waals surface area contributed by atoms with Crippen molar-refractivity contribution in [2.24, 2.45) is 0 Å². The second-order valence-corrected chi connectivity index (χ2v) is 8.13. The molecule has 0 saturated carbocycles. The fourth-order valence-electron chi connectivity index (χ4n) is 3.82. The zero-order valence-electron chi connectivity index (χ0n) is 14.9. The van der Waals surface area contributed by atoms with Gasteiger partial charge in [-0.05, 0) is 55.0 Å². The van der Waals surface area contributed by atoms with Crippen molar-refractivity contribution in [2.75, 3.05) is 6.54 Å². The predicted molar refractivity (Wildman–Crippen MR) is 105 cm³/mol. The van der Waals surface area contributed by atoms with Gasteiger partial charge in [-0.1, -0.05) is 46.3 Å². The number of Topliss-reactive ketones (excluding diaryl/α,β-unsaturated/α-hetero) is 1. The highest BCUT2D eigenvalue weighted by Gasteiger charge is 2.49. The molecule has 1 aliphatic heterocycles. The minimum absolute atomic E-state index is 0.276. The molecule has 27 heavy (non-hydrogen) atoms. The number of rotatable bonds is 4. The summed E-state index contributed by atoms with van der Waals surface area (Å²) in [6, 6.07) is 12.3. The summed E-state index contributed by atoms with van der Waals surface area (Å²) in [6.45, 7) is 1.43. The molecule has 6 heteroatoms. The fourth-order valence-corrected chi connectivity index (χ4v) is 4.22. The molecule has 0 unspecified atom stereocenters. The summed E-state index contributed by atoms with van der Waals surface area (Å²) in [5.74, 6) is -0.674. The third-order valence-electron chi connectivity index (χ3n) is 5.40. The molecule has 4 rings (SSSR count). The number of carbonyl (C=O) groups is 3. The maximum Gasteiger partial charge on any atom is 0.325 e. The predicted octanol–water partition coefficient (Wildman–Crippen LogP) is 3.59. The van der Waals surface area contributed by atoms with E-state index in [9.17, 15) is 14.4 Å². The number of imide groups is 1. The smallest absolute Gasteiger partial charge is 0.319 e. The number of carbonyl (C=O) groups excluding carboxylic acids is 3. The van der Waals surface area contributed by atoms with Crippen LogP contribution < -0.4 is 5.32 Å². The van der Waals surface area contributed by atoms with Crippen LogP contribution in [0.5, 0.6) is 0 Å². The van der Waals surface area contributed by atoms with E-state index in [1.807, 2.05) is 24.3 Å². The molecule has 1 aliphatic carbocycles. The number of amides is 3. The van der Waals surface area contributed by atoms with Gasteiger partial charge in [0.05, 0.1) is 6.54 Å². The number of nitrogens with zero attached hydrogens (tertiary/aromatic N) is 1. The maximum atomic E-state index is 13.1. The van der Waals surface area contributed by atoms with E-state index in [-0.39, 0.29) is 12.3 Å². The lowest BCUT2D eigenvalue weighted by atomic mass is 9.89. The summed E-state index contributed by atoms with van der Waals surface area (Å²) in [5, 5.41) is 2.78. The van der Waals surface area contributed by atoms with Gasteiger partial charge in [0.15, 0.2) is 5.78 Å². The molecule has 0 spiro atoms. The Labute approximate surface area is 165 Å². The quantitative estimate of drug-likeness (QED) is 0.599. The van der Waals surface area contributed by atoms with Crippen molar-refractivity contribution in [1.82, 2.24) is 10.2 Å². The van der Waals surface area contributed by atoms with Crippen LogP contribution in [0.3, 0.4) is 0 Å². The summed E-state index contributed by atoms with van der Waals surface area (Å²) < 4.78 is 0.772. The lowest BCUT2D eigenvalue weighted by molar-refractivity contribution is -0.130. The van der Waals surface area contributed by atoms with Crippen LogP contribution in [-0.4, -0.2) is 29.2 Å². The molecule has 0 radical (unpaired) electrons. The molecule has 1 fully saturated rings. The van der Waals surface area contributed by atoms with E-state index >= 15 is 0 Å². The second kappa shape index (κ2) is 6.60. The first-order valence-electron chi connectivity index (χ1n) is 8.93. The number of benzene rings is 2. The van der Waals surface area contributed by atoms with E-state index in [4.69, 9.17) is 0 Å². The van der Waals surface area contributed by atoms with E-state index < -0.39 is 17.5 Å². The monoisotopic (exact) mass is 426 g/mol. The molecule has 3 amide bonds. The van der Waals surface area contributed by atoms with Gasteiger partial charge in [-0.2, -0.15) is 0 Å². The van der Waals surface area contributed by atoms with Gasteiger partial charge in [0.1, 0.15) is 5.54 Å². The van der Waals surface area contributed by atoms with Crippen LogP contribution in [0.25, 0.3) is 0 Å². The normalized spacial score (nSPS) is 21.3. The van der Waals surface area contributed by atoms with E-state index in [0.29, 0.717) is 5.56 Å². The summed E-state index contributed by atoms with van der Waals surface area (Å²) in [7, 11) is 0. The summed E-state index contributed by atoms with van der Waals surface area (Å²) in [5.41, 5.74) is 2.61. The number of halogens is 1. The SMILES string of the molecule is C[C@]1(c2ccc3c(c2)CCC3)NC(=O)N(CC(=O)c2cccc(Br)c2)C1=O. The Balaban J connectivity index is 1.59.